The molecule has 0 fully saturated rings. The number of nitrogens with one attached hydrogen (secondary N) is 2. The fraction of sp³-hybridized carbons (Fsp3) is 0.167. The van der Waals surface area contributed by atoms with Crippen LogP contribution in [0.4, 0.5) is 4.39 Å². The molecule has 0 unspecified atom stereocenters. The summed E-state index contributed by atoms with van der Waals surface area (Å²) in [6, 6.07) is 7.69. The summed E-state index contributed by atoms with van der Waals surface area (Å²) >= 11 is 1.25. The Hall–Kier alpha value is -3.18. The number of terminal acetylenes is 1. The molecule has 0 atom stereocenters. The zero-order valence-corrected chi connectivity index (χ0v) is 14.7. The molecule has 0 spiro atoms. The Bertz CT molecular complexity index is 1010. The minimum Gasteiger partial charge on any atom is -0.344 e. The highest BCUT2D eigenvalue weighted by molar-refractivity contribution is 7.20. The predicted molar refractivity (Wildman–Crippen MR) is 97.8 cm³/mol. The van der Waals surface area contributed by atoms with Crippen LogP contribution in [0.25, 0.3) is 15.9 Å². The van der Waals surface area contributed by atoms with Gasteiger partial charge in [0.25, 0.3) is 5.91 Å². The molecule has 0 aliphatic carbocycles. The maximum Gasteiger partial charge on any atom is 0.261 e. The molecule has 0 saturated heterocycles. The lowest BCUT2D eigenvalue weighted by Crippen LogP contribution is -2.36. The van der Waals surface area contributed by atoms with Crippen LogP contribution in [0.15, 0.2) is 30.3 Å². The van der Waals surface area contributed by atoms with E-state index in [4.69, 9.17) is 6.42 Å². The van der Waals surface area contributed by atoms with Gasteiger partial charge in [-0.1, -0.05) is 5.92 Å². The first-order valence-electron chi connectivity index (χ1n) is 7.73. The van der Waals surface area contributed by atoms with Crippen molar-refractivity contribution in [2.24, 2.45) is 0 Å². The zero-order valence-electron chi connectivity index (χ0n) is 13.9. The molecular weight excluding hydrogens is 355 g/mol. The van der Waals surface area contributed by atoms with Gasteiger partial charge >= 0.3 is 0 Å². The second-order valence-electron chi connectivity index (χ2n) is 5.47. The normalized spacial score (nSPS) is 10.5. The van der Waals surface area contributed by atoms with Gasteiger partial charge in [-0.2, -0.15) is 5.10 Å². The highest BCUT2D eigenvalue weighted by atomic mass is 32.1. The number of hydrogen-bond donors (Lipinski definition) is 2. The first-order valence-corrected chi connectivity index (χ1v) is 8.54. The molecule has 132 valence electrons. The van der Waals surface area contributed by atoms with E-state index in [0.717, 1.165) is 15.9 Å². The van der Waals surface area contributed by atoms with Crippen LogP contribution in [0, 0.1) is 25.1 Å². The van der Waals surface area contributed by atoms with E-state index in [0.29, 0.717) is 10.6 Å². The molecule has 3 rings (SSSR count). The number of aryl methyl sites for hydroxylation is 1. The second kappa shape index (κ2) is 7.37. The van der Waals surface area contributed by atoms with Crippen molar-refractivity contribution in [1.82, 2.24) is 20.4 Å². The van der Waals surface area contributed by atoms with Crippen molar-refractivity contribution in [2.45, 2.75) is 6.92 Å². The minimum absolute atomic E-state index is 0.115. The van der Waals surface area contributed by atoms with E-state index < -0.39 is 0 Å². The summed E-state index contributed by atoms with van der Waals surface area (Å²) in [6.45, 7) is 1.80. The number of amides is 2. The van der Waals surface area contributed by atoms with Gasteiger partial charge in [-0.05, 0) is 37.3 Å². The lowest BCUT2D eigenvalue weighted by molar-refractivity contribution is -0.119. The number of benzene rings is 1. The van der Waals surface area contributed by atoms with Crippen LogP contribution < -0.4 is 10.6 Å². The van der Waals surface area contributed by atoms with Gasteiger partial charge in [0.2, 0.25) is 5.91 Å². The summed E-state index contributed by atoms with van der Waals surface area (Å²) in [5.74, 6) is 1.25. The molecule has 8 heteroatoms. The van der Waals surface area contributed by atoms with Crippen LogP contribution in [0.1, 0.15) is 15.4 Å². The molecule has 26 heavy (non-hydrogen) atoms. The van der Waals surface area contributed by atoms with Crippen molar-refractivity contribution in [1.29, 1.82) is 0 Å². The summed E-state index contributed by atoms with van der Waals surface area (Å²) < 4.78 is 14.8. The van der Waals surface area contributed by atoms with Gasteiger partial charge in [0.05, 0.1) is 29.3 Å². The second-order valence-corrected chi connectivity index (χ2v) is 6.50. The van der Waals surface area contributed by atoms with E-state index in [1.165, 1.54) is 23.5 Å². The quantitative estimate of drug-likeness (QED) is 0.675. The highest BCUT2D eigenvalue weighted by Crippen LogP contribution is 2.30. The van der Waals surface area contributed by atoms with Crippen LogP contribution in [0.2, 0.25) is 0 Å². The molecule has 6 nitrogen and oxygen atoms in total. The molecule has 0 radical (unpaired) electrons. The molecule has 0 saturated carbocycles. The molecule has 0 bridgehead atoms. The Kier molecular flexibility index (Phi) is 5.00. The maximum absolute atomic E-state index is 13.1. The molecule has 0 aliphatic rings. The standard InChI is InChI=1S/C18H15FN4O2S/c1-3-8-20-16(24)10-21-17(25)15-9-14-11(2)22-23(18(14)26-15)13-6-4-12(19)5-7-13/h1,4-7,9H,8,10H2,2H3,(H,20,24)(H,21,25). The Morgan fingerprint density at radius 1 is 1.31 bits per heavy atom. The Balaban J connectivity index is 1.82. The number of carbonyl (C=O) groups is 2. The minimum atomic E-state index is -0.355. The van der Waals surface area contributed by atoms with E-state index in [2.05, 4.69) is 21.7 Å². The third kappa shape index (κ3) is 3.58. The number of thiophene rings is 1. The largest absolute Gasteiger partial charge is 0.344 e. The van der Waals surface area contributed by atoms with Crippen LogP contribution in [0.3, 0.4) is 0 Å². The molecule has 0 aliphatic heterocycles. The summed E-state index contributed by atoms with van der Waals surface area (Å²) in [7, 11) is 0. The summed E-state index contributed by atoms with van der Waals surface area (Å²) in [5.41, 5.74) is 1.46. The molecule has 2 aromatic heterocycles. The lowest BCUT2D eigenvalue weighted by Gasteiger charge is -2.04. The van der Waals surface area contributed by atoms with Crippen molar-refractivity contribution >= 4 is 33.4 Å². The number of carbonyl (C=O) groups excluding carboxylic acids is 2. The summed E-state index contributed by atoms with van der Waals surface area (Å²) in [6.07, 6.45) is 5.06. The van der Waals surface area contributed by atoms with E-state index >= 15 is 0 Å². The van der Waals surface area contributed by atoms with E-state index in [1.54, 1.807) is 22.9 Å². The van der Waals surface area contributed by atoms with Crippen molar-refractivity contribution in [3.05, 3.63) is 46.7 Å². The van der Waals surface area contributed by atoms with Crippen molar-refractivity contribution in [2.75, 3.05) is 13.1 Å². The molecule has 2 N–H and O–H groups in total. The van der Waals surface area contributed by atoms with Crippen molar-refractivity contribution in [3.63, 3.8) is 0 Å². The molecule has 2 heterocycles. The molecule has 3 aromatic rings. The van der Waals surface area contributed by atoms with Gasteiger partial charge in [0.1, 0.15) is 10.6 Å². The predicted octanol–water partition coefficient (Wildman–Crippen LogP) is 2.01. The van der Waals surface area contributed by atoms with Gasteiger partial charge < -0.3 is 10.6 Å². The number of halogens is 1. The zero-order chi connectivity index (χ0) is 18.7. The van der Waals surface area contributed by atoms with Gasteiger partial charge in [0, 0.05) is 5.39 Å². The first kappa shape index (κ1) is 17.6. The fourth-order valence-corrected chi connectivity index (χ4v) is 3.48. The number of hydrogen-bond acceptors (Lipinski definition) is 4. The monoisotopic (exact) mass is 370 g/mol. The van der Waals surface area contributed by atoms with Gasteiger partial charge in [-0.3, -0.25) is 9.59 Å². The molecular formula is C18H15FN4O2S. The van der Waals surface area contributed by atoms with Crippen LogP contribution in [-0.2, 0) is 4.79 Å². The van der Waals surface area contributed by atoms with Gasteiger partial charge in [-0.15, -0.1) is 17.8 Å². The summed E-state index contributed by atoms with van der Waals surface area (Å²) in [4.78, 5) is 25.0. The number of rotatable bonds is 5. The third-order valence-electron chi connectivity index (χ3n) is 3.64. The van der Waals surface area contributed by atoms with Crippen molar-refractivity contribution < 1.29 is 14.0 Å². The average Bonchev–Trinajstić information content (AvgIpc) is 3.19. The van der Waals surface area contributed by atoms with Crippen LogP contribution in [-0.4, -0.2) is 34.7 Å². The smallest absolute Gasteiger partial charge is 0.261 e. The fourth-order valence-electron chi connectivity index (χ4n) is 2.38. The van der Waals surface area contributed by atoms with E-state index in [9.17, 15) is 14.0 Å². The SMILES string of the molecule is C#CCNC(=O)CNC(=O)c1cc2c(C)nn(-c3ccc(F)cc3)c2s1. The lowest BCUT2D eigenvalue weighted by atomic mass is 10.3. The van der Waals surface area contributed by atoms with Crippen LogP contribution >= 0.6 is 11.3 Å². The van der Waals surface area contributed by atoms with E-state index in [1.807, 2.05) is 6.92 Å². The average molecular weight is 370 g/mol. The number of nitrogens with zero attached hydrogens (tertiary/aromatic N) is 2. The Labute approximate surface area is 153 Å². The van der Waals surface area contributed by atoms with Crippen LogP contribution in [0.5, 0.6) is 0 Å². The first-order chi connectivity index (χ1) is 12.5. The highest BCUT2D eigenvalue weighted by Gasteiger charge is 2.17. The topological polar surface area (TPSA) is 76.0 Å². The molecule has 1 aromatic carbocycles. The summed E-state index contributed by atoms with van der Waals surface area (Å²) in [5, 5.41) is 10.3. The third-order valence-corrected chi connectivity index (χ3v) is 4.75. The van der Waals surface area contributed by atoms with Crippen molar-refractivity contribution in [3.8, 4) is 18.0 Å². The van der Waals surface area contributed by atoms with E-state index in [-0.39, 0.29) is 30.7 Å². The number of aromatic nitrogens is 2. The molecule has 2 amide bonds. The maximum atomic E-state index is 13.1. The van der Waals surface area contributed by atoms with Gasteiger partial charge in [-0.25, -0.2) is 9.07 Å². The van der Waals surface area contributed by atoms with Gasteiger partial charge in [0.15, 0.2) is 0 Å². The Morgan fingerprint density at radius 2 is 2.04 bits per heavy atom. The Morgan fingerprint density at radius 3 is 2.73 bits per heavy atom. The number of fused-ring (bicyclic) bond motifs is 1.